The van der Waals surface area contributed by atoms with Crippen molar-refractivity contribution in [2.24, 2.45) is 17.8 Å². The van der Waals surface area contributed by atoms with Gasteiger partial charge in [0.2, 0.25) is 0 Å². The maximum absolute atomic E-state index is 5.51. The van der Waals surface area contributed by atoms with Gasteiger partial charge in [0.25, 0.3) is 0 Å². The number of hydrogen-bond acceptors (Lipinski definition) is 1. The first-order chi connectivity index (χ1) is 6.27. The minimum atomic E-state index is 0.844. The average Bonchev–Trinajstić information content (AvgIpc) is 2.44. The van der Waals surface area contributed by atoms with Crippen LogP contribution >= 0.6 is 0 Å². The summed E-state index contributed by atoms with van der Waals surface area (Å²) in [5.41, 5.74) is 0. The third-order valence-electron chi connectivity index (χ3n) is 3.38. The summed E-state index contributed by atoms with van der Waals surface area (Å²) in [6, 6.07) is 0. The average molecular weight is 184 g/mol. The van der Waals surface area contributed by atoms with Crippen LogP contribution in [0, 0.1) is 17.8 Å². The molecule has 78 valence electrons. The SMILES string of the molecule is CCCC1CC(C)C(COCC)C1. The van der Waals surface area contributed by atoms with Gasteiger partial charge in [-0.15, -0.1) is 0 Å². The summed E-state index contributed by atoms with van der Waals surface area (Å²) in [6.45, 7) is 8.64. The lowest BCUT2D eigenvalue weighted by Gasteiger charge is -2.14. The van der Waals surface area contributed by atoms with Gasteiger partial charge in [-0.25, -0.2) is 0 Å². The molecule has 1 fully saturated rings. The van der Waals surface area contributed by atoms with Crippen LogP contribution in [0.4, 0.5) is 0 Å². The highest BCUT2D eigenvalue weighted by Gasteiger charge is 2.30. The van der Waals surface area contributed by atoms with Crippen LogP contribution < -0.4 is 0 Å². The Labute approximate surface area is 82.9 Å². The highest BCUT2D eigenvalue weighted by molar-refractivity contribution is 4.80. The molecule has 3 atom stereocenters. The summed E-state index contributed by atoms with van der Waals surface area (Å²) in [5.74, 6) is 2.73. The zero-order valence-electron chi connectivity index (χ0n) is 9.38. The van der Waals surface area contributed by atoms with Gasteiger partial charge in [-0.2, -0.15) is 0 Å². The molecule has 1 rings (SSSR count). The molecule has 0 aliphatic heterocycles. The smallest absolute Gasteiger partial charge is 0.0496 e. The van der Waals surface area contributed by atoms with Gasteiger partial charge in [0.05, 0.1) is 0 Å². The molecule has 1 nitrogen and oxygen atoms in total. The van der Waals surface area contributed by atoms with Crippen molar-refractivity contribution < 1.29 is 4.74 Å². The molecule has 1 aliphatic carbocycles. The molecule has 3 unspecified atom stereocenters. The van der Waals surface area contributed by atoms with Crippen molar-refractivity contribution in [2.45, 2.75) is 46.5 Å². The van der Waals surface area contributed by atoms with Crippen molar-refractivity contribution in [2.75, 3.05) is 13.2 Å². The predicted molar refractivity (Wildman–Crippen MR) is 56.8 cm³/mol. The second-order valence-electron chi connectivity index (χ2n) is 4.52. The lowest BCUT2D eigenvalue weighted by atomic mass is 9.99. The van der Waals surface area contributed by atoms with Gasteiger partial charge in [-0.3, -0.25) is 0 Å². The third kappa shape index (κ3) is 3.30. The second-order valence-corrected chi connectivity index (χ2v) is 4.52. The molecule has 1 heteroatoms. The zero-order valence-corrected chi connectivity index (χ0v) is 9.38. The fourth-order valence-electron chi connectivity index (χ4n) is 2.62. The fraction of sp³-hybridized carbons (Fsp3) is 1.00. The van der Waals surface area contributed by atoms with Crippen LogP contribution in [-0.4, -0.2) is 13.2 Å². The van der Waals surface area contributed by atoms with Gasteiger partial charge in [-0.05, 0) is 37.5 Å². The molecule has 0 bridgehead atoms. The van der Waals surface area contributed by atoms with E-state index in [0.29, 0.717) is 0 Å². The van der Waals surface area contributed by atoms with E-state index in [1.807, 2.05) is 0 Å². The van der Waals surface area contributed by atoms with Crippen LogP contribution in [0.5, 0.6) is 0 Å². The van der Waals surface area contributed by atoms with Crippen LogP contribution in [0.1, 0.15) is 46.5 Å². The van der Waals surface area contributed by atoms with E-state index in [9.17, 15) is 0 Å². The molecule has 0 aromatic heterocycles. The van der Waals surface area contributed by atoms with Crippen LogP contribution in [0.3, 0.4) is 0 Å². The first-order valence-electron chi connectivity index (χ1n) is 5.85. The van der Waals surface area contributed by atoms with Crippen LogP contribution in [-0.2, 0) is 4.74 Å². The van der Waals surface area contributed by atoms with Crippen LogP contribution in [0.15, 0.2) is 0 Å². The van der Waals surface area contributed by atoms with E-state index in [-0.39, 0.29) is 0 Å². The molecule has 0 amide bonds. The monoisotopic (exact) mass is 184 g/mol. The Balaban J connectivity index is 2.24. The normalized spacial score (nSPS) is 33.9. The van der Waals surface area contributed by atoms with E-state index in [1.54, 1.807) is 0 Å². The standard InChI is InChI=1S/C12H24O/c1-4-6-11-7-10(3)12(8-11)9-13-5-2/h10-12H,4-9H2,1-3H3. The van der Waals surface area contributed by atoms with E-state index in [0.717, 1.165) is 31.0 Å². The number of ether oxygens (including phenoxy) is 1. The van der Waals surface area contributed by atoms with Gasteiger partial charge in [-0.1, -0.05) is 26.7 Å². The van der Waals surface area contributed by atoms with Gasteiger partial charge >= 0.3 is 0 Å². The summed E-state index contributed by atoms with van der Waals surface area (Å²) in [4.78, 5) is 0. The lowest BCUT2D eigenvalue weighted by molar-refractivity contribution is 0.0976. The van der Waals surface area contributed by atoms with E-state index < -0.39 is 0 Å². The number of rotatable bonds is 5. The summed E-state index contributed by atoms with van der Waals surface area (Å²) in [6.07, 6.45) is 5.62. The van der Waals surface area contributed by atoms with Gasteiger partial charge < -0.3 is 4.74 Å². The molecule has 0 heterocycles. The maximum atomic E-state index is 5.51. The van der Waals surface area contributed by atoms with Crippen molar-refractivity contribution in [1.29, 1.82) is 0 Å². The highest BCUT2D eigenvalue weighted by atomic mass is 16.5. The molecule has 0 aromatic rings. The minimum Gasteiger partial charge on any atom is -0.381 e. The van der Waals surface area contributed by atoms with Crippen LogP contribution in [0.25, 0.3) is 0 Å². The van der Waals surface area contributed by atoms with Gasteiger partial charge in [0, 0.05) is 13.2 Å². The summed E-state index contributed by atoms with van der Waals surface area (Å²) in [5, 5.41) is 0. The first-order valence-corrected chi connectivity index (χ1v) is 5.85. The topological polar surface area (TPSA) is 9.23 Å². The Morgan fingerprint density at radius 1 is 1.23 bits per heavy atom. The molecule has 0 spiro atoms. The van der Waals surface area contributed by atoms with E-state index in [2.05, 4.69) is 20.8 Å². The van der Waals surface area contributed by atoms with Crippen molar-refractivity contribution in [1.82, 2.24) is 0 Å². The Bertz CT molecular complexity index is 133. The minimum absolute atomic E-state index is 0.844. The second kappa shape index (κ2) is 5.64. The van der Waals surface area contributed by atoms with E-state index >= 15 is 0 Å². The Hall–Kier alpha value is -0.0400. The van der Waals surface area contributed by atoms with E-state index in [1.165, 1.54) is 25.7 Å². The Morgan fingerprint density at radius 3 is 2.62 bits per heavy atom. The Kier molecular flexibility index (Phi) is 4.79. The van der Waals surface area contributed by atoms with Gasteiger partial charge in [0.1, 0.15) is 0 Å². The summed E-state index contributed by atoms with van der Waals surface area (Å²) in [7, 11) is 0. The summed E-state index contributed by atoms with van der Waals surface area (Å²) >= 11 is 0. The van der Waals surface area contributed by atoms with Crippen molar-refractivity contribution in [3.63, 3.8) is 0 Å². The Morgan fingerprint density at radius 2 is 2.00 bits per heavy atom. The zero-order chi connectivity index (χ0) is 9.68. The molecular weight excluding hydrogens is 160 g/mol. The molecule has 0 saturated heterocycles. The quantitative estimate of drug-likeness (QED) is 0.635. The molecule has 13 heavy (non-hydrogen) atoms. The fourth-order valence-corrected chi connectivity index (χ4v) is 2.62. The van der Waals surface area contributed by atoms with Crippen LogP contribution in [0.2, 0.25) is 0 Å². The molecular formula is C12H24O. The van der Waals surface area contributed by atoms with Crippen molar-refractivity contribution in [3.05, 3.63) is 0 Å². The largest absolute Gasteiger partial charge is 0.381 e. The van der Waals surface area contributed by atoms with Crippen molar-refractivity contribution >= 4 is 0 Å². The van der Waals surface area contributed by atoms with Crippen molar-refractivity contribution in [3.8, 4) is 0 Å². The molecule has 0 aromatic carbocycles. The van der Waals surface area contributed by atoms with Gasteiger partial charge in [0.15, 0.2) is 0 Å². The number of hydrogen-bond donors (Lipinski definition) is 0. The third-order valence-corrected chi connectivity index (χ3v) is 3.38. The lowest BCUT2D eigenvalue weighted by Crippen LogP contribution is -2.11. The molecule has 0 radical (unpaired) electrons. The molecule has 0 N–H and O–H groups in total. The maximum Gasteiger partial charge on any atom is 0.0496 e. The molecule has 1 saturated carbocycles. The van der Waals surface area contributed by atoms with E-state index in [4.69, 9.17) is 4.74 Å². The summed E-state index contributed by atoms with van der Waals surface area (Å²) < 4.78 is 5.51. The first kappa shape index (κ1) is 11.0. The molecule has 1 aliphatic rings. The predicted octanol–water partition coefficient (Wildman–Crippen LogP) is 3.49. The highest BCUT2D eigenvalue weighted by Crippen LogP contribution is 2.38.